The molecule has 1 saturated heterocycles. The second-order valence-electron chi connectivity index (χ2n) is 4.90. The molecule has 0 aliphatic carbocycles. The van der Waals surface area contributed by atoms with Crippen molar-refractivity contribution in [3.63, 3.8) is 0 Å². The largest absolute Gasteiger partial charge is 0.377 e. The van der Waals surface area contributed by atoms with E-state index in [2.05, 4.69) is 33.0 Å². The predicted molar refractivity (Wildman–Crippen MR) is 59.3 cm³/mol. The average molecular weight is 200 g/mol. The monoisotopic (exact) mass is 200 g/mol. The van der Waals surface area contributed by atoms with Gasteiger partial charge in [0.1, 0.15) is 0 Å². The van der Waals surface area contributed by atoms with E-state index in [1.165, 1.54) is 0 Å². The molecule has 0 aromatic carbocycles. The van der Waals surface area contributed by atoms with Gasteiger partial charge in [-0.15, -0.1) is 0 Å². The van der Waals surface area contributed by atoms with Crippen molar-refractivity contribution in [2.45, 2.75) is 51.8 Å². The Balaban J connectivity index is 2.36. The van der Waals surface area contributed by atoms with Crippen LogP contribution in [0.3, 0.4) is 0 Å². The van der Waals surface area contributed by atoms with Crippen LogP contribution in [-0.4, -0.2) is 30.8 Å². The van der Waals surface area contributed by atoms with Gasteiger partial charge < -0.3 is 15.8 Å². The third-order valence-corrected chi connectivity index (χ3v) is 3.61. The molecule has 14 heavy (non-hydrogen) atoms. The van der Waals surface area contributed by atoms with Crippen molar-refractivity contribution in [2.75, 3.05) is 13.2 Å². The molecule has 1 rings (SSSR count). The van der Waals surface area contributed by atoms with Gasteiger partial charge in [-0.3, -0.25) is 0 Å². The van der Waals surface area contributed by atoms with Gasteiger partial charge in [0.25, 0.3) is 0 Å². The van der Waals surface area contributed by atoms with Crippen molar-refractivity contribution >= 4 is 0 Å². The summed E-state index contributed by atoms with van der Waals surface area (Å²) in [6, 6.07) is 0.253. The normalized spacial score (nSPS) is 37.1. The second-order valence-corrected chi connectivity index (χ2v) is 4.90. The summed E-state index contributed by atoms with van der Waals surface area (Å²) in [6.45, 7) is 10.5. The van der Waals surface area contributed by atoms with Gasteiger partial charge in [0.2, 0.25) is 0 Å². The third-order valence-electron chi connectivity index (χ3n) is 3.61. The number of hydrogen-bond acceptors (Lipinski definition) is 3. The van der Waals surface area contributed by atoms with Crippen LogP contribution in [0.15, 0.2) is 0 Å². The fourth-order valence-electron chi connectivity index (χ4n) is 1.65. The van der Waals surface area contributed by atoms with Crippen LogP contribution in [-0.2, 0) is 4.74 Å². The molecule has 1 aliphatic heterocycles. The molecular weight excluding hydrogens is 176 g/mol. The Morgan fingerprint density at radius 2 is 2.21 bits per heavy atom. The van der Waals surface area contributed by atoms with Crippen LogP contribution in [0.2, 0.25) is 0 Å². The second kappa shape index (κ2) is 4.60. The molecule has 0 aromatic heterocycles. The standard InChI is InChI=1S/C11H24N2O/c1-8(9(2)12)7-13-11(4)5-6-14-10(11)3/h8-10,13H,5-7,12H2,1-4H3. The first-order valence-corrected chi connectivity index (χ1v) is 5.58. The van der Waals surface area contributed by atoms with Crippen LogP contribution in [0.5, 0.6) is 0 Å². The van der Waals surface area contributed by atoms with Gasteiger partial charge >= 0.3 is 0 Å². The van der Waals surface area contributed by atoms with E-state index in [4.69, 9.17) is 10.5 Å². The summed E-state index contributed by atoms with van der Waals surface area (Å²) in [6.07, 6.45) is 1.41. The van der Waals surface area contributed by atoms with Gasteiger partial charge in [0, 0.05) is 18.2 Å². The smallest absolute Gasteiger partial charge is 0.0726 e. The summed E-state index contributed by atoms with van der Waals surface area (Å²) in [4.78, 5) is 0. The molecule has 3 N–H and O–H groups in total. The van der Waals surface area contributed by atoms with Gasteiger partial charge in [-0.2, -0.15) is 0 Å². The van der Waals surface area contributed by atoms with Crippen molar-refractivity contribution in [1.29, 1.82) is 0 Å². The van der Waals surface area contributed by atoms with Crippen LogP contribution in [0.1, 0.15) is 34.1 Å². The van der Waals surface area contributed by atoms with E-state index in [0.29, 0.717) is 12.0 Å². The number of rotatable bonds is 4. The summed E-state index contributed by atoms with van der Waals surface area (Å²) in [5.74, 6) is 0.514. The highest BCUT2D eigenvalue weighted by Gasteiger charge is 2.36. The summed E-state index contributed by atoms with van der Waals surface area (Å²) in [5, 5.41) is 3.58. The fourth-order valence-corrected chi connectivity index (χ4v) is 1.65. The predicted octanol–water partition coefficient (Wildman–Crippen LogP) is 1.13. The highest BCUT2D eigenvalue weighted by atomic mass is 16.5. The van der Waals surface area contributed by atoms with E-state index in [1.54, 1.807) is 0 Å². The van der Waals surface area contributed by atoms with Gasteiger partial charge in [0.05, 0.1) is 6.10 Å². The molecule has 4 unspecified atom stereocenters. The maximum atomic E-state index is 5.83. The lowest BCUT2D eigenvalue weighted by atomic mass is 9.93. The highest BCUT2D eigenvalue weighted by molar-refractivity contribution is 4.93. The number of hydrogen-bond donors (Lipinski definition) is 2. The molecule has 0 bridgehead atoms. The molecule has 3 nitrogen and oxygen atoms in total. The highest BCUT2D eigenvalue weighted by Crippen LogP contribution is 2.25. The first kappa shape index (κ1) is 12.0. The Labute approximate surface area is 87.4 Å². The lowest BCUT2D eigenvalue weighted by Gasteiger charge is -2.31. The Morgan fingerprint density at radius 1 is 1.57 bits per heavy atom. The van der Waals surface area contributed by atoms with Gasteiger partial charge in [0.15, 0.2) is 0 Å². The van der Waals surface area contributed by atoms with Gasteiger partial charge in [-0.25, -0.2) is 0 Å². The van der Waals surface area contributed by atoms with Crippen molar-refractivity contribution in [3.8, 4) is 0 Å². The molecule has 1 fully saturated rings. The quantitative estimate of drug-likeness (QED) is 0.715. The Hall–Kier alpha value is -0.120. The van der Waals surface area contributed by atoms with E-state index in [-0.39, 0.29) is 11.6 Å². The minimum atomic E-state index is 0.142. The first-order valence-electron chi connectivity index (χ1n) is 5.58. The van der Waals surface area contributed by atoms with Crippen molar-refractivity contribution in [3.05, 3.63) is 0 Å². The Kier molecular flexibility index (Phi) is 3.93. The number of nitrogens with one attached hydrogen (secondary N) is 1. The van der Waals surface area contributed by atoms with Crippen molar-refractivity contribution in [1.82, 2.24) is 5.32 Å². The van der Waals surface area contributed by atoms with E-state index in [0.717, 1.165) is 19.6 Å². The molecule has 0 saturated carbocycles. The molecule has 0 amide bonds. The lowest BCUT2D eigenvalue weighted by molar-refractivity contribution is 0.0870. The zero-order valence-electron chi connectivity index (χ0n) is 9.84. The average Bonchev–Trinajstić information content (AvgIpc) is 2.44. The molecular formula is C11H24N2O. The van der Waals surface area contributed by atoms with Crippen molar-refractivity contribution in [2.24, 2.45) is 11.7 Å². The van der Waals surface area contributed by atoms with E-state index >= 15 is 0 Å². The summed E-state index contributed by atoms with van der Waals surface area (Å²) in [5.41, 5.74) is 5.97. The van der Waals surface area contributed by atoms with Crippen LogP contribution in [0.4, 0.5) is 0 Å². The van der Waals surface area contributed by atoms with Crippen LogP contribution < -0.4 is 11.1 Å². The van der Waals surface area contributed by atoms with Crippen LogP contribution >= 0.6 is 0 Å². The number of ether oxygens (including phenoxy) is 1. The molecule has 0 spiro atoms. The van der Waals surface area contributed by atoms with E-state index in [1.807, 2.05) is 0 Å². The summed E-state index contributed by atoms with van der Waals surface area (Å²) in [7, 11) is 0. The fraction of sp³-hybridized carbons (Fsp3) is 1.00. The molecule has 1 aliphatic rings. The molecule has 3 heteroatoms. The van der Waals surface area contributed by atoms with Crippen molar-refractivity contribution < 1.29 is 4.74 Å². The minimum Gasteiger partial charge on any atom is -0.377 e. The number of nitrogens with two attached hydrogens (primary N) is 1. The van der Waals surface area contributed by atoms with Crippen LogP contribution in [0.25, 0.3) is 0 Å². The molecule has 0 aromatic rings. The van der Waals surface area contributed by atoms with E-state index < -0.39 is 0 Å². The SMILES string of the molecule is CC(N)C(C)CNC1(C)CCOC1C. The van der Waals surface area contributed by atoms with Gasteiger partial charge in [-0.1, -0.05) is 6.92 Å². The summed E-state index contributed by atoms with van der Waals surface area (Å²) < 4.78 is 5.57. The first-order chi connectivity index (χ1) is 6.46. The molecule has 4 atom stereocenters. The van der Waals surface area contributed by atoms with E-state index in [9.17, 15) is 0 Å². The molecule has 1 heterocycles. The summed E-state index contributed by atoms with van der Waals surface area (Å²) >= 11 is 0. The minimum absolute atomic E-state index is 0.142. The third kappa shape index (κ3) is 2.69. The Bertz CT molecular complexity index is 184. The zero-order valence-corrected chi connectivity index (χ0v) is 9.84. The Morgan fingerprint density at radius 3 is 2.64 bits per heavy atom. The lowest BCUT2D eigenvalue weighted by Crippen LogP contribution is -2.50. The molecule has 0 radical (unpaired) electrons. The zero-order chi connectivity index (χ0) is 10.8. The van der Waals surface area contributed by atoms with Crippen LogP contribution in [0, 0.1) is 5.92 Å². The van der Waals surface area contributed by atoms with Gasteiger partial charge in [-0.05, 0) is 39.7 Å². The molecule has 84 valence electrons. The maximum Gasteiger partial charge on any atom is 0.0726 e. The topological polar surface area (TPSA) is 47.3 Å². The maximum absolute atomic E-state index is 5.83.